The highest BCUT2D eigenvalue weighted by molar-refractivity contribution is 5.94. The number of aromatic nitrogens is 1. The first-order valence-corrected chi connectivity index (χ1v) is 8.04. The Labute approximate surface area is 150 Å². The van der Waals surface area contributed by atoms with Gasteiger partial charge in [-0.2, -0.15) is 0 Å². The van der Waals surface area contributed by atoms with Gasteiger partial charge in [0.05, 0.1) is 12.7 Å². The largest absolute Gasteiger partial charge is 0.497 e. The summed E-state index contributed by atoms with van der Waals surface area (Å²) in [5.41, 5.74) is 2.15. The molecule has 1 amide bonds. The van der Waals surface area contributed by atoms with Crippen LogP contribution in [-0.2, 0) is 6.54 Å². The Bertz CT molecular complexity index is 863. The Hall–Kier alpha value is -3.41. The smallest absolute Gasteiger partial charge is 0.253 e. The molecule has 132 valence electrons. The second kappa shape index (κ2) is 8.11. The van der Waals surface area contributed by atoms with Gasteiger partial charge in [0.25, 0.3) is 5.91 Å². The second-order valence-corrected chi connectivity index (χ2v) is 5.59. The van der Waals surface area contributed by atoms with Gasteiger partial charge in [-0.15, -0.1) is 0 Å². The number of hydrogen-bond donors (Lipinski definition) is 2. The fourth-order valence-electron chi connectivity index (χ4n) is 2.31. The summed E-state index contributed by atoms with van der Waals surface area (Å²) in [5, 5.41) is 5.89. The summed E-state index contributed by atoms with van der Waals surface area (Å²) in [4.78, 5) is 16.4. The van der Waals surface area contributed by atoms with Gasteiger partial charge in [0.2, 0.25) is 0 Å². The topological polar surface area (TPSA) is 63.2 Å². The standard InChI is InChI=1S/C20H18FN3O2/c1-26-18-9-2-14(3-10-18)12-23-20(25)15-4-11-19(22-13-15)24-17-7-5-16(21)6-8-17/h2-11,13H,12H2,1H3,(H,22,24)(H,23,25). The first kappa shape index (κ1) is 17.4. The molecule has 2 aromatic carbocycles. The van der Waals surface area contributed by atoms with Gasteiger partial charge < -0.3 is 15.4 Å². The van der Waals surface area contributed by atoms with Crippen molar-refractivity contribution in [3.8, 4) is 5.75 Å². The molecule has 0 aliphatic carbocycles. The van der Waals surface area contributed by atoms with Crippen molar-refractivity contribution in [3.05, 3.63) is 83.8 Å². The maximum absolute atomic E-state index is 12.9. The van der Waals surface area contributed by atoms with Gasteiger partial charge >= 0.3 is 0 Å². The molecule has 26 heavy (non-hydrogen) atoms. The van der Waals surface area contributed by atoms with Crippen LogP contribution in [0.4, 0.5) is 15.9 Å². The zero-order valence-electron chi connectivity index (χ0n) is 14.2. The van der Waals surface area contributed by atoms with Crippen LogP contribution in [0.5, 0.6) is 5.75 Å². The van der Waals surface area contributed by atoms with E-state index in [-0.39, 0.29) is 11.7 Å². The molecule has 0 bridgehead atoms. The van der Waals surface area contributed by atoms with E-state index in [4.69, 9.17) is 4.74 Å². The highest BCUT2D eigenvalue weighted by atomic mass is 19.1. The molecule has 6 heteroatoms. The molecule has 0 atom stereocenters. The average molecular weight is 351 g/mol. The van der Waals surface area contributed by atoms with E-state index in [1.54, 1.807) is 31.4 Å². The lowest BCUT2D eigenvalue weighted by Gasteiger charge is -2.08. The Morgan fingerprint density at radius 1 is 1.04 bits per heavy atom. The normalized spacial score (nSPS) is 10.2. The van der Waals surface area contributed by atoms with Gasteiger partial charge in [0, 0.05) is 18.4 Å². The van der Waals surface area contributed by atoms with Crippen molar-refractivity contribution in [1.29, 1.82) is 0 Å². The number of amides is 1. The maximum Gasteiger partial charge on any atom is 0.253 e. The number of hydrogen-bond acceptors (Lipinski definition) is 4. The summed E-state index contributed by atoms with van der Waals surface area (Å²) in [6.07, 6.45) is 1.50. The number of rotatable bonds is 6. The van der Waals surface area contributed by atoms with E-state index in [1.165, 1.54) is 18.3 Å². The van der Waals surface area contributed by atoms with Crippen molar-refractivity contribution < 1.29 is 13.9 Å². The van der Waals surface area contributed by atoms with E-state index in [2.05, 4.69) is 15.6 Å². The lowest BCUT2D eigenvalue weighted by Crippen LogP contribution is -2.22. The minimum Gasteiger partial charge on any atom is -0.497 e. The predicted octanol–water partition coefficient (Wildman–Crippen LogP) is 3.90. The quantitative estimate of drug-likeness (QED) is 0.707. The SMILES string of the molecule is COc1ccc(CNC(=O)c2ccc(Nc3ccc(F)cc3)nc2)cc1. The van der Waals surface area contributed by atoms with E-state index >= 15 is 0 Å². The Kier molecular flexibility index (Phi) is 5.43. The molecular weight excluding hydrogens is 333 g/mol. The molecule has 0 unspecified atom stereocenters. The molecule has 2 N–H and O–H groups in total. The molecule has 0 spiro atoms. The van der Waals surface area contributed by atoms with Crippen molar-refractivity contribution in [2.75, 3.05) is 12.4 Å². The van der Waals surface area contributed by atoms with Crippen molar-refractivity contribution in [2.24, 2.45) is 0 Å². The zero-order valence-corrected chi connectivity index (χ0v) is 14.2. The van der Waals surface area contributed by atoms with Crippen LogP contribution in [0, 0.1) is 5.82 Å². The molecule has 0 saturated carbocycles. The monoisotopic (exact) mass is 351 g/mol. The van der Waals surface area contributed by atoms with Gasteiger partial charge in [-0.1, -0.05) is 12.1 Å². The molecule has 0 fully saturated rings. The summed E-state index contributed by atoms with van der Waals surface area (Å²) in [6, 6.07) is 16.8. The van der Waals surface area contributed by atoms with E-state index in [9.17, 15) is 9.18 Å². The lowest BCUT2D eigenvalue weighted by molar-refractivity contribution is 0.0950. The summed E-state index contributed by atoms with van der Waals surface area (Å²) in [5.74, 6) is 0.839. The fourth-order valence-corrected chi connectivity index (χ4v) is 2.31. The summed E-state index contributed by atoms with van der Waals surface area (Å²) < 4.78 is 18.0. The molecule has 3 aromatic rings. The number of benzene rings is 2. The van der Waals surface area contributed by atoms with Crippen molar-refractivity contribution >= 4 is 17.4 Å². The van der Waals surface area contributed by atoms with Crippen LogP contribution in [0.3, 0.4) is 0 Å². The summed E-state index contributed by atoms with van der Waals surface area (Å²) in [6.45, 7) is 0.415. The van der Waals surface area contributed by atoms with Crippen molar-refractivity contribution in [3.63, 3.8) is 0 Å². The molecule has 1 heterocycles. The van der Waals surface area contributed by atoms with E-state index < -0.39 is 0 Å². The number of ether oxygens (including phenoxy) is 1. The van der Waals surface area contributed by atoms with Crippen LogP contribution in [0.1, 0.15) is 15.9 Å². The number of methoxy groups -OCH3 is 1. The van der Waals surface area contributed by atoms with Gasteiger partial charge in [-0.25, -0.2) is 9.37 Å². The van der Waals surface area contributed by atoms with Crippen molar-refractivity contribution in [1.82, 2.24) is 10.3 Å². The Balaban J connectivity index is 1.56. The second-order valence-electron chi connectivity index (χ2n) is 5.59. The third-order valence-electron chi connectivity index (χ3n) is 3.75. The molecular formula is C20H18FN3O2. The van der Waals surface area contributed by atoms with Crippen LogP contribution >= 0.6 is 0 Å². The average Bonchev–Trinajstić information content (AvgIpc) is 2.69. The lowest BCUT2D eigenvalue weighted by atomic mass is 10.2. The Morgan fingerprint density at radius 3 is 2.38 bits per heavy atom. The first-order valence-electron chi connectivity index (χ1n) is 8.04. The summed E-state index contributed by atoms with van der Waals surface area (Å²) >= 11 is 0. The number of nitrogens with one attached hydrogen (secondary N) is 2. The third kappa shape index (κ3) is 4.57. The van der Waals surface area contributed by atoms with Crippen LogP contribution in [0.15, 0.2) is 66.9 Å². The minimum absolute atomic E-state index is 0.207. The van der Waals surface area contributed by atoms with E-state index in [0.717, 1.165) is 17.0 Å². The fraction of sp³-hybridized carbons (Fsp3) is 0.100. The molecule has 0 radical (unpaired) electrons. The van der Waals surface area contributed by atoms with Crippen LogP contribution in [0.25, 0.3) is 0 Å². The van der Waals surface area contributed by atoms with E-state index in [1.807, 2.05) is 24.3 Å². The summed E-state index contributed by atoms with van der Waals surface area (Å²) in [7, 11) is 1.61. The molecule has 0 aliphatic rings. The van der Waals surface area contributed by atoms with Crippen LogP contribution in [0.2, 0.25) is 0 Å². The van der Waals surface area contributed by atoms with Crippen molar-refractivity contribution in [2.45, 2.75) is 6.54 Å². The minimum atomic E-state index is -0.299. The Morgan fingerprint density at radius 2 is 1.77 bits per heavy atom. The highest BCUT2D eigenvalue weighted by Gasteiger charge is 2.06. The molecule has 0 saturated heterocycles. The highest BCUT2D eigenvalue weighted by Crippen LogP contribution is 2.15. The van der Waals surface area contributed by atoms with Crippen LogP contribution in [-0.4, -0.2) is 18.0 Å². The molecule has 3 rings (SSSR count). The predicted molar refractivity (Wildman–Crippen MR) is 98.1 cm³/mol. The number of pyridine rings is 1. The molecule has 1 aromatic heterocycles. The number of nitrogens with zero attached hydrogens (tertiary/aromatic N) is 1. The zero-order chi connectivity index (χ0) is 18.4. The van der Waals surface area contributed by atoms with Gasteiger partial charge in [0.1, 0.15) is 17.4 Å². The van der Waals surface area contributed by atoms with Gasteiger partial charge in [-0.05, 0) is 54.1 Å². The van der Waals surface area contributed by atoms with Crippen LogP contribution < -0.4 is 15.4 Å². The van der Waals surface area contributed by atoms with E-state index in [0.29, 0.717) is 17.9 Å². The molecule has 5 nitrogen and oxygen atoms in total. The number of halogens is 1. The maximum atomic E-state index is 12.9. The third-order valence-corrected chi connectivity index (χ3v) is 3.75. The molecule has 0 aliphatic heterocycles. The van der Waals surface area contributed by atoms with Gasteiger partial charge in [-0.3, -0.25) is 4.79 Å². The number of carbonyl (C=O) groups excluding carboxylic acids is 1. The number of anilines is 2. The first-order chi connectivity index (χ1) is 12.6. The van der Waals surface area contributed by atoms with Gasteiger partial charge in [0.15, 0.2) is 0 Å². The number of carbonyl (C=O) groups is 1.